The van der Waals surface area contributed by atoms with Crippen LogP contribution < -0.4 is 11.1 Å². The van der Waals surface area contributed by atoms with E-state index < -0.39 is 0 Å². The average Bonchev–Trinajstić information content (AvgIpc) is 2.68. The second kappa shape index (κ2) is 6.43. The number of rotatable bonds is 4. The van der Waals surface area contributed by atoms with E-state index in [1.807, 2.05) is 42.9 Å². The number of benzene rings is 1. The van der Waals surface area contributed by atoms with Crippen molar-refractivity contribution in [1.82, 2.24) is 9.78 Å². The van der Waals surface area contributed by atoms with Crippen molar-refractivity contribution in [3.05, 3.63) is 46.8 Å². The molecule has 0 aliphatic rings. The molecule has 1 aromatic carbocycles. The van der Waals surface area contributed by atoms with Crippen LogP contribution in [0, 0.1) is 20.8 Å². The van der Waals surface area contributed by atoms with Gasteiger partial charge in [-0.15, -0.1) is 0 Å². The molecule has 5 nitrogen and oxygen atoms in total. The first kappa shape index (κ1) is 15.1. The minimum absolute atomic E-state index is 0.443. The van der Waals surface area contributed by atoms with Crippen LogP contribution in [0.5, 0.6) is 0 Å². The number of anilines is 1. The predicted molar refractivity (Wildman–Crippen MR) is 87.7 cm³/mol. The first-order chi connectivity index (χ1) is 9.97. The van der Waals surface area contributed by atoms with Crippen LogP contribution in [0.1, 0.15) is 22.5 Å². The maximum Gasteiger partial charge on any atom is 0.193 e. The van der Waals surface area contributed by atoms with Gasteiger partial charge in [-0.25, -0.2) is 0 Å². The molecule has 0 unspecified atom stereocenters. The lowest BCUT2D eigenvalue weighted by atomic mass is 10.1. The second-order valence-corrected chi connectivity index (χ2v) is 5.28. The van der Waals surface area contributed by atoms with Crippen LogP contribution in [-0.4, -0.2) is 22.3 Å². The zero-order valence-corrected chi connectivity index (χ0v) is 13.1. The van der Waals surface area contributed by atoms with Crippen LogP contribution in [0.15, 0.2) is 29.3 Å². The van der Waals surface area contributed by atoms with Crippen LogP contribution in [0.4, 0.5) is 5.69 Å². The maximum atomic E-state index is 5.91. The maximum absolute atomic E-state index is 5.91. The van der Waals surface area contributed by atoms with Gasteiger partial charge < -0.3 is 11.1 Å². The van der Waals surface area contributed by atoms with Gasteiger partial charge in [0, 0.05) is 25.0 Å². The van der Waals surface area contributed by atoms with Crippen molar-refractivity contribution in [2.45, 2.75) is 27.2 Å². The van der Waals surface area contributed by atoms with Crippen LogP contribution in [0.2, 0.25) is 0 Å². The van der Waals surface area contributed by atoms with Gasteiger partial charge in [0.15, 0.2) is 5.96 Å². The molecule has 0 aliphatic heterocycles. The molecule has 2 rings (SSSR count). The van der Waals surface area contributed by atoms with Crippen molar-refractivity contribution in [3.8, 4) is 0 Å². The fourth-order valence-electron chi connectivity index (χ4n) is 2.29. The summed E-state index contributed by atoms with van der Waals surface area (Å²) in [5.74, 6) is 0.443. The summed E-state index contributed by atoms with van der Waals surface area (Å²) in [5, 5.41) is 7.50. The van der Waals surface area contributed by atoms with Crippen LogP contribution in [-0.2, 0) is 13.5 Å². The van der Waals surface area contributed by atoms with Crippen molar-refractivity contribution in [1.29, 1.82) is 0 Å². The molecule has 3 N–H and O–H groups in total. The first-order valence-electron chi connectivity index (χ1n) is 7.10. The molecule has 0 saturated carbocycles. The Bertz CT molecular complexity index is 637. The molecule has 0 radical (unpaired) electrons. The zero-order valence-electron chi connectivity index (χ0n) is 13.1. The van der Waals surface area contributed by atoms with Crippen molar-refractivity contribution in [2.24, 2.45) is 17.8 Å². The molecule has 21 heavy (non-hydrogen) atoms. The number of nitrogens with one attached hydrogen (secondary N) is 1. The van der Waals surface area contributed by atoms with E-state index in [2.05, 4.69) is 29.3 Å². The van der Waals surface area contributed by atoms with Gasteiger partial charge in [0.25, 0.3) is 0 Å². The first-order valence-corrected chi connectivity index (χ1v) is 7.10. The van der Waals surface area contributed by atoms with E-state index in [1.165, 1.54) is 16.8 Å². The van der Waals surface area contributed by atoms with Crippen molar-refractivity contribution >= 4 is 11.6 Å². The third-order valence-corrected chi connectivity index (χ3v) is 3.63. The van der Waals surface area contributed by atoms with Crippen molar-refractivity contribution < 1.29 is 0 Å². The quantitative estimate of drug-likeness (QED) is 0.669. The molecule has 1 aromatic heterocycles. The lowest BCUT2D eigenvalue weighted by molar-refractivity contribution is 0.730. The molecule has 112 valence electrons. The molecule has 0 atom stereocenters. The van der Waals surface area contributed by atoms with Gasteiger partial charge >= 0.3 is 0 Å². The number of aryl methyl sites for hydroxylation is 3. The molecule has 0 amide bonds. The molecule has 0 aliphatic carbocycles. The van der Waals surface area contributed by atoms with Gasteiger partial charge in [0.1, 0.15) is 0 Å². The number of nitrogens with zero attached hydrogens (tertiary/aromatic N) is 3. The Balaban J connectivity index is 1.93. The minimum Gasteiger partial charge on any atom is -0.370 e. The highest BCUT2D eigenvalue weighted by Gasteiger charge is 2.08. The molecule has 0 saturated heterocycles. The van der Waals surface area contributed by atoms with E-state index in [0.717, 1.165) is 17.8 Å². The smallest absolute Gasteiger partial charge is 0.193 e. The molecular weight excluding hydrogens is 262 g/mol. The summed E-state index contributed by atoms with van der Waals surface area (Å²) in [6, 6.07) is 8.07. The Morgan fingerprint density at radius 1 is 1.24 bits per heavy atom. The monoisotopic (exact) mass is 285 g/mol. The fraction of sp³-hybridized carbons (Fsp3) is 0.375. The topological polar surface area (TPSA) is 68.2 Å². The minimum atomic E-state index is 0.443. The van der Waals surface area contributed by atoms with Crippen molar-refractivity contribution in [3.63, 3.8) is 0 Å². The van der Waals surface area contributed by atoms with E-state index >= 15 is 0 Å². The molecule has 5 heteroatoms. The highest BCUT2D eigenvalue weighted by atomic mass is 15.3. The highest BCUT2D eigenvalue weighted by molar-refractivity contribution is 5.92. The Morgan fingerprint density at radius 2 is 1.90 bits per heavy atom. The summed E-state index contributed by atoms with van der Waals surface area (Å²) < 4.78 is 1.91. The molecule has 0 spiro atoms. The number of hydrogen-bond acceptors (Lipinski definition) is 2. The third kappa shape index (κ3) is 3.84. The number of guanidine groups is 1. The second-order valence-electron chi connectivity index (χ2n) is 5.28. The van der Waals surface area contributed by atoms with Gasteiger partial charge in [-0.1, -0.05) is 17.7 Å². The summed E-state index contributed by atoms with van der Waals surface area (Å²) in [5.41, 5.74) is 11.6. The van der Waals surface area contributed by atoms with Crippen molar-refractivity contribution in [2.75, 3.05) is 11.9 Å². The summed E-state index contributed by atoms with van der Waals surface area (Å²) >= 11 is 0. The van der Waals surface area contributed by atoms with E-state index in [-0.39, 0.29) is 0 Å². The lowest BCUT2D eigenvalue weighted by Gasteiger charge is -2.06. The molecule has 2 aromatic rings. The normalized spacial score (nSPS) is 11.7. The Labute approximate surface area is 125 Å². The van der Waals surface area contributed by atoms with Gasteiger partial charge in [0.05, 0.1) is 5.69 Å². The standard InChI is InChI=1S/C16H23N5/c1-11-5-7-14(8-6-11)19-16(17)18-10-9-15-12(2)20-21(4)13(15)3/h5-8H,9-10H2,1-4H3,(H3,17,18,19). The zero-order chi connectivity index (χ0) is 15.4. The van der Waals surface area contributed by atoms with E-state index in [0.29, 0.717) is 12.5 Å². The van der Waals surface area contributed by atoms with Crippen LogP contribution in [0.3, 0.4) is 0 Å². The Hall–Kier alpha value is -2.30. The summed E-state index contributed by atoms with van der Waals surface area (Å²) in [4.78, 5) is 4.37. The van der Waals surface area contributed by atoms with Gasteiger partial charge in [-0.3, -0.25) is 9.67 Å². The summed E-state index contributed by atoms with van der Waals surface area (Å²) in [6.07, 6.45) is 0.849. The number of aromatic nitrogens is 2. The Morgan fingerprint density at radius 3 is 2.48 bits per heavy atom. The van der Waals surface area contributed by atoms with Crippen LogP contribution >= 0.6 is 0 Å². The van der Waals surface area contributed by atoms with E-state index in [4.69, 9.17) is 5.73 Å². The molecule has 1 heterocycles. The molecule has 0 fully saturated rings. The number of aliphatic imine (C=N–C) groups is 1. The Kier molecular flexibility index (Phi) is 4.62. The molecular formula is C16H23N5. The SMILES string of the molecule is Cc1ccc(NC(N)=NCCc2c(C)nn(C)c2C)cc1. The molecule has 0 bridgehead atoms. The lowest BCUT2D eigenvalue weighted by Crippen LogP contribution is -2.23. The highest BCUT2D eigenvalue weighted by Crippen LogP contribution is 2.12. The average molecular weight is 285 g/mol. The van der Waals surface area contributed by atoms with Crippen LogP contribution in [0.25, 0.3) is 0 Å². The summed E-state index contributed by atoms with van der Waals surface area (Å²) in [7, 11) is 1.96. The fourth-order valence-corrected chi connectivity index (χ4v) is 2.29. The van der Waals surface area contributed by atoms with Gasteiger partial charge in [-0.05, 0) is 44.9 Å². The van der Waals surface area contributed by atoms with E-state index in [1.54, 1.807) is 0 Å². The largest absolute Gasteiger partial charge is 0.370 e. The van der Waals surface area contributed by atoms with Gasteiger partial charge in [-0.2, -0.15) is 5.10 Å². The number of nitrogens with two attached hydrogens (primary N) is 1. The summed E-state index contributed by atoms with van der Waals surface area (Å²) in [6.45, 7) is 6.81. The van der Waals surface area contributed by atoms with Gasteiger partial charge in [0.2, 0.25) is 0 Å². The predicted octanol–water partition coefficient (Wildman–Crippen LogP) is 2.31. The third-order valence-electron chi connectivity index (χ3n) is 3.63. The number of hydrogen-bond donors (Lipinski definition) is 2. The van der Waals surface area contributed by atoms with E-state index in [9.17, 15) is 0 Å².